The van der Waals surface area contributed by atoms with Crippen molar-refractivity contribution in [1.82, 2.24) is 0 Å². The molecule has 0 aromatic heterocycles. The SMILES string of the molecule is [2H]C(C)(C)C1=CC(C(=O)OC)(C(=O)OC)[C@@H]2C[C@@H](OC(C)=O)C=C[C@H]12. The Hall–Kier alpha value is -2.11. The molecule has 0 saturated heterocycles. The van der Waals surface area contributed by atoms with Gasteiger partial charge in [0.25, 0.3) is 0 Å². The predicted octanol–water partition coefficient (Wildman–Crippen LogP) is 2.04. The maximum absolute atomic E-state index is 12.6. The van der Waals surface area contributed by atoms with Crippen LogP contribution in [0.4, 0.5) is 0 Å². The van der Waals surface area contributed by atoms with Crippen molar-refractivity contribution in [2.75, 3.05) is 14.2 Å². The highest BCUT2D eigenvalue weighted by atomic mass is 16.5. The fourth-order valence-electron chi connectivity index (χ4n) is 3.71. The third-order valence-electron chi connectivity index (χ3n) is 4.72. The van der Waals surface area contributed by atoms with Crippen LogP contribution in [0.2, 0.25) is 0 Å². The predicted molar refractivity (Wildman–Crippen MR) is 85.7 cm³/mol. The molecule has 2 rings (SSSR count). The number of rotatable bonds is 4. The van der Waals surface area contributed by atoms with Crippen molar-refractivity contribution < 1.29 is 30.0 Å². The Bertz CT molecular complexity index is 626. The molecule has 6 heteroatoms. The van der Waals surface area contributed by atoms with Crippen molar-refractivity contribution in [2.24, 2.45) is 23.1 Å². The fourth-order valence-corrected chi connectivity index (χ4v) is 3.71. The molecule has 0 aliphatic heterocycles. The molecule has 0 saturated carbocycles. The van der Waals surface area contributed by atoms with Crippen molar-refractivity contribution >= 4 is 17.9 Å². The normalized spacial score (nSPS) is 28.3. The number of allylic oxidation sites excluding steroid dienone is 2. The van der Waals surface area contributed by atoms with Gasteiger partial charge in [0.2, 0.25) is 0 Å². The highest BCUT2D eigenvalue weighted by Crippen LogP contribution is 2.53. The summed E-state index contributed by atoms with van der Waals surface area (Å²) in [7, 11) is 2.42. The molecule has 2 aliphatic carbocycles. The van der Waals surface area contributed by atoms with E-state index in [-0.39, 0.29) is 12.3 Å². The van der Waals surface area contributed by atoms with E-state index in [0.29, 0.717) is 5.57 Å². The number of ether oxygens (including phenoxy) is 3. The minimum absolute atomic E-state index is 0.265. The van der Waals surface area contributed by atoms with Gasteiger partial charge in [0.15, 0.2) is 5.41 Å². The van der Waals surface area contributed by atoms with Gasteiger partial charge >= 0.3 is 17.9 Å². The van der Waals surface area contributed by atoms with E-state index >= 15 is 0 Å². The van der Waals surface area contributed by atoms with E-state index in [1.165, 1.54) is 27.2 Å². The molecule has 0 amide bonds. The molecule has 6 nitrogen and oxygen atoms in total. The van der Waals surface area contributed by atoms with Crippen LogP contribution in [0.3, 0.4) is 0 Å². The smallest absolute Gasteiger partial charge is 0.327 e. The second-order valence-corrected chi connectivity index (χ2v) is 6.35. The summed E-state index contributed by atoms with van der Waals surface area (Å²) in [6, 6.07) is 0. The second kappa shape index (κ2) is 6.79. The number of hydrogen-bond donors (Lipinski definition) is 0. The molecule has 3 atom stereocenters. The lowest BCUT2D eigenvalue weighted by Crippen LogP contribution is -2.47. The molecule has 0 heterocycles. The third kappa shape index (κ3) is 2.85. The van der Waals surface area contributed by atoms with E-state index in [9.17, 15) is 14.4 Å². The molecule has 2 aliphatic rings. The van der Waals surface area contributed by atoms with Gasteiger partial charge in [0.05, 0.1) is 14.2 Å². The summed E-state index contributed by atoms with van der Waals surface area (Å²) < 4.78 is 23.5. The largest absolute Gasteiger partial charge is 0.468 e. The van der Waals surface area contributed by atoms with Crippen molar-refractivity contribution in [3.8, 4) is 0 Å². The Morgan fingerprint density at radius 1 is 1.21 bits per heavy atom. The van der Waals surface area contributed by atoms with Gasteiger partial charge in [-0.1, -0.05) is 31.6 Å². The Balaban J connectivity index is 2.59. The molecule has 0 aromatic rings. The number of methoxy groups -OCH3 is 2. The topological polar surface area (TPSA) is 78.9 Å². The van der Waals surface area contributed by atoms with Crippen LogP contribution >= 0.6 is 0 Å². The van der Waals surface area contributed by atoms with Crippen LogP contribution in [0.25, 0.3) is 0 Å². The van der Waals surface area contributed by atoms with E-state index in [2.05, 4.69) is 0 Å². The van der Waals surface area contributed by atoms with Gasteiger partial charge in [-0.3, -0.25) is 14.4 Å². The lowest BCUT2D eigenvalue weighted by Gasteiger charge is -2.36. The average molecular weight is 337 g/mol. The van der Waals surface area contributed by atoms with Crippen LogP contribution in [0, 0.1) is 23.1 Å². The first-order valence-corrected chi connectivity index (χ1v) is 7.83. The second-order valence-electron chi connectivity index (χ2n) is 6.35. The van der Waals surface area contributed by atoms with Crippen molar-refractivity contribution in [3.63, 3.8) is 0 Å². The maximum atomic E-state index is 12.6. The summed E-state index contributed by atoms with van der Waals surface area (Å²) in [5, 5.41) is 0. The number of hydrogen-bond acceptors (Lipinski definition) is 6. The highest BCUT2D eigenvalue weighted by Gasteiger charge is 2.60. The average Bonchev–Trinajstić information content (AvgIpc) is 2.88. The Morgan fingerprint density at radius 3 is 2.25 bits per heavy atom. The number of esters is 3. The molecule has 132 valence electrons. The monoisotopic (exact) mass is 337 g/mol. The van der Waals surface area contributed by atoms with Crippen LogP contribution in [-0.2, 0) is 28.6 Å². The molecule has 24 heavy (non-hydrogen) atoms. The van der Waals surface area contributed by atoms with Crippen LogP contribution in [0.15, 0.2) is 23.8 Å². The van der Waals surface area contributed by atoms with Gasteiger partial charge in [-0.2, -0.15) is 0 Å². The van der Waals surface area contributed by atoms with E-state index in [4.69, 9.17) is 15.6 Å². The summed E-state index contributed by atoms with van der Waals surface area (Å²) in [6.07, 6.45) is 4.78. The first kappa shape index (κ1) is 16.7. The maximum Gasteiger partial charge on any atom is 0.327 e. The van der Waals surface area contributed by atoms with Gasteiger partial charge in [-0.05, 0) is 18.4 Å². The Labute approximate surface area is 143 Å². The first-order valence-electron chi connectivity index (χ1n) is 8.33. The standard InChI is InChI=1S/C18H24O6/c1-10(2)14-9-18(16(20)22-4,17(21)23-5)15-8-12(24-11(3)19)6-7-13(14)15/h6-7,9-10,12-13,15H,8H2,1-5H3/t12-,13+,15+/m0/s1/i10D. The molecule has 0 aromatic carbocycles. The van der Waals surface area contributed by atoms with Crippen LogP contribution in [0.5, 0.6) is 0 Å². The molecule has 0 bridgehead atoms. The van der Waals surface area contributed by atoms with Crippen LogP contribution in [-0.4, -0.2) is 38.2 Å². The Kier molecular flexibility index (Phi) is 4.73. The molecule has 0 N–H and O–H groups in total. The number of fused-ring (bicyclic) bond motifs is 1. The fraction of sp³-hybridized carbons (Fsp3) is 0.611. The van der Waals surface area contributed by atoms with Crippen molar-refractivity contribution in [3.05, 3.63) is 23.8 Å². The third-order valence-corrected chi connectivity index (χ3v) is 4.72. The van der Waals surface area contributed by atoms with Gasteiger partial charge in [0.1, 0.15) is 6.10 Å². The van der Waals surface area contributed by atoms with Crippen LogP contribution < -0.4 is 0 Å². The minimum atomic E-state index is -1.65. The number of carbonyl (C=O) groups excluding carboxylic acids is 3. The molecule has 0 fully saturated rings. The zero-order valence-electron chi connectivity index (χ0n) is 15.6. The van der Waals surface area contributed by atoms with Gasteiger partial charge in [0, 0.05) is 20.1 Å². The summed E-state index contributed by atoms with van der Waals surface area (Å²) >= 11 is 0. The summed E-state index contributed by atoms with van der Waals surface area (Å²) in [6.45, 7) is 4.71. The molecule has 0 unspecified atom stereocenters. The van der Waals surface area contributed by atoms with Gasteiger partial charge in [-0.25, -0.2) is 0 Å². The van der Waals surface area contributed by atoms with Crippen LogP contribution in [0.1, 0.15) is 28.6 Å². The molecular weight excluding hydrogens is 312 g/mol. The quantitative estimate of drug-likeness (QED) is 0.338. The van der Waals surface area contributed by atoms with Crippen molar-refractivity contribution in [1.29, 1.82) is 0 Å². The zero-order chi connectivity index (χ0) is 19.0. The molecule has 0 radical (unpaired) electrons. The lowest BCUT2D eigenvalue weighted by molar-refractivity contribution is -0.170. The Morgan fingerprint density at radius 2 is 1.79 bits per heavy atom. The van der Waals surface area contributed by atoms with E-state index in [1.54, 1.807) is 26.0 Å². The van der Waals surface area contributed by atoms with E-state index in [0.717, 1.165) is 0 Å². The van der Waals surface area contributed by atoms with Gasteiger partial charge < -0.3 is 14.2 Å². The van der Waals surface area contributed by atoms with Gasteiger partial charge in [-0.15, -0.1) is 0 Å². The summed E-state index contributed by atoms with van der Waals surface area (Å²) in [4.78, 5) is 36.6. The van der Waals surface area contributed by atoms with Crippen molar-refractivity contribution in [2.45, 2.75) is 33.3 Å². The summed E-state index contributed by atoms with van der Waals surface area (Å²) in [5.74, 6) is -3.75. The highest BCUT2D eigenvalue weighted by molar-refractivity contribution is 6.03. The zero-order valence-corrected chi connectivity index (χ0v) is 14.6. The first-order chi connectivity index (χ1) is 11.6. The lowest BCUT2D eigenvalue weighted by atomic mass is 9.69. The summed E-state index contributed by atoms with van der Waals surface area (Å²) in [5.41, 5.74) is -1.00. The minimum Gasteiger partial charge on any atom is -0.468 e. The number of carbonyl (C=O) groups is 3. The van der Waals surface area contributed by atoms with E-state index < -0.39 is 41.2 Å². The molecule has 0 spiro atoms. The molecular formula is C18H24O6. The van der Waals surface area contributed by atoms with E-state index in [1.807, 2.05) is 0 Å².